The van der Waals surface area contributed by atoms with Gasteiger partial charge in [0, 0.05) is 24.6 Å². The number of benzene rings is 1. The highest BCUT2D eigenvalue weighted by molar-refractivity contribution is 7.98. The normalized spacial score (nSPS) is 17.9. The fourth-order valence-corrected chi connectivity index (χ4v) is 2.59. The Morgan fingerprint density at radius 3 is 2.94 bits per heavy atom. The fourth-order valence-electron chi connectivity index (χ4n) is 1.77. The average Bonchev–Trinajstić information content (AvgIpc) is 2.93. The third-order valence-corrected chi connectivity index (χ3v) is 3.75. The smallest absolute Gasteiger partial charge is 0.241 e. The Kier molecular flexibility index (Phi) is 5.30. The molecule has 2 N–H and O–H groups in total. The monoisotopic (exact) mass is 262 g/mol. The summed E-state index contributed by atoms with van der Waals surface area (Å²) in [5, 5.41) is 6.03. The van der Waals surface area contributed by atoms with Crippen molar-refractivity contribution in [1.82, 2.24) is 10.6 Å². The van der Waals surface area contributed by atoms with Crippen LogP contribution in [0.1, 0.15) is 5.56 Å². The van der Waals surface area contributed by atoms with Crippen molar-refractivity contribution in [3.63, 3.8) is 0 Å². The van der Waals surface area contributed by atoms with Crippen molar-refractivity contribution in [3.05, 3.63) is 48.0 Å². The zero-order valence-electron chi connectivity index (χ0n) is 10.3. The van der Waals surface area contributed by atoms with E-state index in [0.29, 0.717) is 0 Å². The van der Waals surface area contributed by atoms with Crippen molar-refractivity contribution < 1.29 is 4.79 Å². The lowest BCUT2D eigenvalue weighted by atomic mass is 10.2. The van der Waals surface area contributed by atoms with Crippen LogP contribution in [0.2, 0.25) is 0 Å². The Balaban J connectivity index is 1.56. The summed E-state index contributed by atoms with van der Waals surface area (Å²) in [5.41, 5.74) is 1.33. The van der Waals surface area contributed by atoms with Crippen LogP contribution in [0.25, 0.3) is 0 Å². The molecule has 18 heavy (non-hydrogen) atoms. The number of hydrogen-bond acceptors (Lipinski definition) is 3. The van der Waals surface area contributed by atoms with Crippen LogP contribution in [0.3, 0.4) is 0 Å². The molecule has 2 rings (SSSR count). The molecule has 1 aromatic carbocycles. The number of nitrogens with one attached hydrogen (secondary N) is 2. The van der Waals surface area contributed by atoms with Crippen molar-refractivity contribution in [3.8, 4) is 0 Å². The van der Waals surface area contributed by atoms with E-state index in [4.69, 9.17) is 0 Å². The van der Waals surface area contributed by atoms with Crippen molar-refractivity contribution in [2.45, 2.75) is 11.8 Å². The molecule has 1 aliphatic rings. The lowest BCUT2D eigenvalue weighted by Crippen LogP contribution is -2.41. The largest absolute Gasteiger partial charge is 0.354 e. The van der Waals surface area contributed by atoms with E-state index in [1.165, 1.54) is 5.56 Å². The van der Waals surface area contributed by atoms with Gasteiger partial charge < -0.3 is 5.32 Å². The van der Waals surface area contributed by atoms with Gasteiger partial charge in [0.25, 0.3) is 0 Å². The fraction of sp³-hybridized carbons (Fsp3) is 0.357. The van der Waals surface area contributed by atoms with E-state index >= 15 is 0 Å². The summed E-state index contributed by atoms with van der Waals surface area (Å²) < 4.78 is 0. The number of rotatable bonds is 6. The molecule has 1 heterocycles. The maximum absolute atomic E-state index is 11.6. The minimum Gasteiger partial charge on any atom is -0.354 e. The molecular formula is C14H18N2OS. The van der Waals surface area contributed by atoms with Gasteiger partial charge in [-0.15, -0.1) is 0 Å². The first-order valence-electron chi connectivity index (χ1n) is 6.16. The Hall–Kier alpha value is -1.26. The summed E-state index contributed by atoms with van der Waals surface area (Å²) in [6.07, 6.45) is 3.89. The minimum absolute atomic E-state index is 0.0732. The van der Waals surface area contributed by atoms with E-state index in [2.05, 4.69) is 34.9 Å². The van der Waals surface area contributed by atoms with Crippen LogP contribution in [-0.2, 0) is 10.5 Å². The first kappa shape index (κ1) is 13.2. The molecule has 1 amide bonds. The zero-order valence-corrected chi connectivity index (χ0v) is 11.1. The molecule has 0 spiro atoms. The lowest BCUT2D eigenvalue weighted by Gasteiger charge is -2.10. The van der Waals surface area contributed by atoms with Crippen LogP contribution in [0.15, 0.2) is 42.5 Å². The van der Waals surface area contributed by atoms with Gasteiger partial charge in [0.2, 0.25) is 5.91 Å². The molecule has 0 saturated heterocycles. The van der Waals surface area contributed by atoms with Crippen molar-refractivity contribution in [2.75, 3.05) is 18.8 Å². The standard InChI is InChI=1S/C14H18N2OS/c17-14(13-7-4-8-15-13)16-9-10-18-11-12-5-2-1-3-6-12/h1-7,13,15H,8-11H2,(H,16,17)/t13-/m0/s1. The second kappa shape index (κ2) is 7.24. The summed E-state index contributed by atoms with van der Waals surface area (Å²) in [6, 6.07) is 10.2. The molecule has 0 unspecified atom stereocenters. The Morgan fingerprint density at radius 2 is 2.22 bits per heavy atom. The molecule has 1 atom stereocenters. The molecule has 0 saturated carbocycles. The third kappa shape index (κ3) is 4.20. The van der Waals surface area contributed by atoms with Crippen LogP contribution in [0, 0.1) is 0 Å². The Bertz CT molecular complexity index is 406. The molecule has 0 aromatic heterocycles. The molecule has 96 valence electrons. The Labute approximate surface area is 112 Å². The number of thioether (sulfide) groups is 1. The summed E-state index contributed by atoms with van der Waals surface area (Å²) in [4.78, 5) is 11.6. The van der Waals surface area contributed by atoms with Gasteiger partial charge in [0.15, 0.2) is 0 Å². The van der Waals surface area contributed by atoms with Crippen LogP contribution in [0.5, 0.6) is 0 Å². The topological polar surface area (TPSA) is 41.1 Å². The van der Waals surface area contributed by atoms with Gasteiger partial charge in [0.05, 0.1) is 0 Å². The highest BCUT2D eigenvalue weighted by Crippen LogP contribution is 2.10. The highest BCUT2D eigenvalue weighted by Gasteiger charge is 2.16. The molecule has 0 bridgehead atoms. The summed E-state index contributed by atoms with van der Waals surface area (Å²) in [5.74, 6) is 2.01. The third-order valence-electron chi connectivity index (χ3n) is 2.72. The van der Waals surface area contributed by atoms with Gasteiger partial charge in [-0.2, -0.15) is 11.8 Å². The van der Waals surface area contributed by atoms with E-state index in [-0.39, 0.29) is 11.9 Å². The predicted molar refractivity (Wildman–Crippen MR) is 76.5 cm³/mol. The number of carbonyl (C=O) groups is 1. The Morgan fingerprint density at radius 1 is 1.39 bits per heavy atom. The molecule has 0 aliphatic carbocycles. The molecule has 4 heteroatoms. The van der Waals surface area contributed by atoms with Crippen LogP contribution in [-0.4, -0.2) is 30.8 Å². The highest BCUT2D eigenvalue weighted by atomic mass is 32.2. The van der Waals surface area contributed by atoms with E-state index in [1.54, 1.807) is 0 Å². The van der Waals surface area contributed by atoms with E-state index in [0.717, 1.165) is 24.6 Å². The van der Waals surface area contributed by atoms with Crippen LogP contribution in [0.4, 0.5) is 0 Å². The average molecular weight is 262 g/mol. The van der Waals surface area contributed by atoms with Gasteiger partial charge in [-0.1, -0.05) is 42.5 Å². The predicted octanol–water partition coefficient (Wildman–Crippen LogP) is 1.56. The molecule has 0 fully saturated rings. The summed E-state index contributed by atoms with van der Waals surface area (Å²) >= 11 is 1.84. The molecule has 0 radical (unpaired) electrons. The van der Waals surface area contributed by atoms with Crippen molar-refractivity contribution in [2.24, 2.45) is 0 Å². The van der Waals surface area contributed by atoms with Gasteiger partial charge in [-0.05, 0) is 5.56 Å². The second-order valence-electron chi connectivity index (χ2n) is 4.14. The number of hydrogen-bond donors (Lipinski definition) is 2. The van der Waals surface area contributed by atoms with Gasteiger partial charge in [-0.3, -0.25) is 10.1 Å². The SMILES string of the molecule is O=C(NCCSCc1ccccc1)[C@@H]1C=CCN1. The van der Waals surface area contributed by atoms with E-state index in [9.17, 15) is 4.79 Å². The lowest BCUT2D eigenvalue weighted by molar-refractivity contribution is -0.121. The molecule has 1 aliphatic heterocycles. The maximum Gasteiger partial charge on any atom is 0.241 e. The second-order valence-corrected chi connectivity index (χ2v) is 5.25. The van der Waals surface area contributed by atoms with Gasteiger partial charge in [0.1, 0.15) is 6.04 Å². The summed E-state index contributed by atoms with van der Waals surface area (Å²) in [7, 11) is 0. The van der Waals surface area contributed by atoms with Crippen LogP contribution < -0.4 is 10.6 Å². The zero-order chi connectivity index (χ0) is 12.6. The summed E-state index contributed by atoms with van der Waals surface area (Å²) in [6.45, 7) is 1.52. The van der Waals surface area contributed by atoms with Crippen molar-refractivity contribution >= 4 is 17.7 Å². The first-order valence-corrected chi connectivity index (χ1v) is 7.31. The van der Waals surface area contributed by atoms with E-state index < -0.39 is 0 Å². The molecule has 3 nitrogen and oxygen atoms in total. The molecule has 1 aromatic rings. The quantitative estimate of drug-likeness (QED) is 0.604. The molecular weight excluding hydrogens is 244 g/mol. The van der Waals surface area contributed by atoms with E-state index in [1.807, 2.05) is 30.0 Å². The van der Waals surface area contributed by atoms with Crippen LogP contribution >= 0.6 is 11.8 Å². The van der Waals surface area contributed by atoms with Gasteiger partial charge >= 0.3 is 0 Å². The first-order chi connectivity index (χ1) is 8.86. The van der Waals surface area contributed by atoms with Crippen molar-refractivity contribution in [1.29, 1.82) is 0 Å². The van der Waals surface area contributed by atoms with Gasteiger partial charge in [-0.25, -0.2) is 0 Å². The number of carbonyl (C=O) groups excluding carboxylic acids is 1. The maximum atomic E-state index is 11.6. The number of amides is 1. The minimum atomic E-state index is -0.135.